The Kier molecular flexibility index (Phi) is 9.10. The molecule has 1 nitrogen and oxygen atoms in total. The second-order valence-electron chi connectivity index (χ2n) is 5.91. The summed E-state index contributed by atoms with van der Waals surface area (Å²) in [5.74, 6) is 0. The molecule has 0 saturated carbocycles. The molecule has 0 aliphatic carbocycles. The van der Waals surface area contributed by atoms with Crippen LogP contribution in [0.1, 0.15) is 69.7 Å². The van der Waals surface area contributed by atoms with E-state index < -0.39 is 18.4 Å². The van der Waals surface area contributed by atoms with E-state index in [1.807, 2.05) is 11.3 Å². The Hall–Kier alpha value is 0.169. The summed E-state index contributed by atoms with van der Waals surface area (Å²) in [5, 5.41) is 2.15. The second kappa shape index (κ2) is 9.99. The van der Waals surface area contributed by atoms with E-state index in [-0.39, 0.29) is 0 Å². The maximum atomic E-state index is 11.4. The van der Waals surface area contributed by atoms with Crippen molar-refractivity contribution in [3.05, 3.63) is 17.0 Å². The summed E-state index contributed by atoms with van der Waals surface area (Å²) in [6.45, 7) is 6.89. The molecule has 0 spiro atoms. The van der Waals surface area contributed by atoms with Crippen molar-refractivity contribution in [3.8, 4) is 0 Å². The van der Waals surface area contributed by atoms with Crippen molar-refractivity contribution in [1.29, 1.82) is 0 Å². The number of rotatable bonds is 11. The molecule has 1 rings (SSSR count). The SMILES string of the molecule is CCC[CH2][Sn]([CH2]CCC)([CH2]CCC)[c]1sccc1C=O. The summed E-state index contributed by atoms with van der Waals surface area (Å²) in [4.78, 5) is 11.4. The van der Waals surface area contributed by atoms with Crippen molar-refractivity contribution in [1.82, 2.24) is 0 Å². The molecule has 3 heteroatoms. The van der Waals surface area contributed by atoms with Gasteiger partial charge in [-0.1, -0.05) is 0 Å². The van der Waals surface area contributed by atoms with Gasteiger partial charge >= 0.3 is 133 Å². The molecule has 0 amide bonds. The molecule has 114 valence electrons. The first-order chi connectivity index (χ1) is 9.74. The molecule has 0 fully saturated rings. The fourth-order valence-corrected chi connectivity index (χ4v) is 23.8. The van der Waals surface area contributed by atoms with E-state index >= 15 is 0 Å². The summed E-state index contributed by atoms with van der Waals surface area (Å²) in [6.07, 6.45) is 9.07. The topological polar surface area (TPSA) is 17.1 Å². The Balaban J connectivity index is 3.07. The number of carbonyl (C=O) groups is 1. The zero-order valence-electron chi connectivity index (χ0n) is 13.4. The van der Waals surface area contributed by atoms with Crippen molar-refractivity contribution < 1.29 is 4.79 Å². The Bertz CT molecular complexity index is 364. The molecular formula is C17H30OSSn. The summed E-state index contributed by atoms with van der Waals surface area (Å²) in [5.41, 5.74) is 1.04. The molecule has 1 heterocycles. The average Bonchev–Trinajstić information content (AvgIpc) is 2.96. The monoisotopic (exact) mass is 402 g/mol. The predicted octanol–water partition coefficient (Wildman–Crippen LogP) is 5.62. The van der Waals surface area contributed by atoms with Gasteiger partial charge in [0.2, 0.25) is 0 Å². The normalized spacial score (nSPS) is 11.8. The standard InChI is InChI=1S/C5H3OS.3C4H9.Sn/c6-3-5-1-2-7-4-5;3*1-3-4-2;/h1-3H;3*1,3-4H2,2H3;. The van der Waals surface area contributed by atoms with Gasteiger partial charge in [0.1, 0.15) is 0 Å². The third kappa shape index (κ3) is 4.87. The Labute approximate surface area is 133 Å². The quantitative estimate of drug-likeness (QED) is 0.348. The molecular weight excluding hydrogens is 371 g/mol. The van der Waals surface area contributed by atoms with Crippen LogP contribution < -0.4 is 2.89 Å². The van der Waals surface area contributed by atoms with Crippen LogP contribution in [0.4, 0.5) is 0 Å². The van der Waals surface area contributed by atoms with Crippen LogP contribution in [-0.2, 0) is 0 Å². The predicted molar refractivity (Wildman–Crippen MR) is 94.2 cm³/mol. The van der Waals surface area contributed by atoms with E-state index in [1.54, 1.807) is 2.89 Å². The Morgan fingerprint density at radius 3 is 1.90 bits per heavy atom. The Morgan fingerprint density at radius 1 is 1.00 bits per heavy atom. The summed E-state index contributed by atoms with van der Waals surface area (Å²) >= 11 is -0.445. The third-order valence-electron chi connectivity index (χ3n) is 4.33. The van der Waals surface area contributed by atoms with E-state index in [0.717, 1.165) is 11.8 Å². The van der Waals surface area contributed by atoms with Crippen LogP contribution >= 0.6 is 11.3 Å². The van der Waals surface area contributed by atoms with Crippen LogP contribution in [0.25, 0.3) is 0 Å². The van der Waals surface area contributed by atoms with E-state index in [9.17, 15) is 4.79 Å². The number of hydrogen-bond donors (Lipinski definition) is 0. The molecule has 0 aliphatic heterocycles. The van der Waals surface area contributed by atoms with Crippen molar-refractivity contribution in [3.63, 3.8) is 0 Å². The van der Waals surface area contributed by atoms with Crippen molar-refractivity contribution in [2.75, 3.05) is 0 Å². The first-order valence-corrected chi connectivity index (χ1v) is 16.6. The molecule has 0 radical (unpaired) electrons. The Morgan fingerprint density at radius 2 is 1.50 bits per heavy atom. The second-order valence-corrected chi connectivity index (χ2v) is 20.9. The van der Waals surface area contributed by atoms with Gasteiger partial charge in [0, 0.05) is 0 Å². The van der Waals surface area contributed by atoms with Gasteiger partial charge in [-0.2, -0.15) is 0 Å². The molecule has 1 aromatic heterocycles. The van der Waals surface area contributed by atoms with Crippen LogP contribution in [0.2, 0.25) is 13.3 Å². The van der Waals surface area contributed by atoms with Gasteiger partial charge < -0.3 is 0 Å². The number of thiophene rings is 1. The molecule has 0 atom stereocenters. The van der Waals surface area contributed by atoms with Crippen LogP contribution in [0.3, 0.4) is 0 Å². The zero-order valence-corrected chi connectivity index (χ0v) is 17.1. The van der Waals surface area contributed by atoms with Crippen LogP contribution in [0.5, 0.6) is 0 Å². The fraction of sp³-hybridized carbons (Fsp3) is 0.706. The van der Waals surface area contributed by atoms with Gasteiger partial charge in [-0.15, -0.1) is 0 Å². The van der Waals surface area contributed by atoms with Gasteiger partial charge in [0.25, 0.3) is 0 Å². The molecule has 0 bridgehead atoms. The minimum absolute atomic E-state index is 1.04. The summed E-state index contributed by atoms with van der Waals surface area (Å²) in [6, 6.07) is 2.06. The molecule has 0 N–H and O–H groups in total. The maximum absolute atomic E-state index is 11.4. The first-order valence-electron chi connectivity index (χ1n) is 8.27. The van der Waals surface area contributed by atoms with Gasteiger partial charge in [-0.25, -0.2) is 0 Å². The third-order valence-corrected chi connectivity index (χ3v) is 23.8. The van der Waals surface area contributed by atoms with E-state index in [4.69, 9.17) is 0 Å². The zero-order chi connectivity index (χ0) is 14.8. The first kappa shape index (κ1) is 18.2. The van der Waals surface area contributed by atoms with Gasteiger partial charge in [-0.05, 0) is 0 Å². The van der Waals surface area contributed by atoms with Crippen LogP contribution in [0.15, 0.2) is 11.4 Å². The molecule has 0 aromatic carbocycles. The average molecular weight is 401 g/mol. The minimum atomic E-state index is -2.34. The molecule has 1 aromatic rings. The van der Waals surface area contributed by atoms with Crippen molar-refractivity contribution >= 4 is 38.9 Å². The van der Waals surface area contributed by atoms with E-state index in [2.05, 4.69) is 32.2 Å². The summed E-state index contributed by atoms with van der Waals surface area (Å²) < 4.78 is 5.93. The molecule has 0 unspecified atom stereocenters. The van der Waals surface area contributed by atoms with Gasteiger partial charge in [0.15, 0.2) is 0 Å². The van der Waals surface area contributed by atoms with Gasteiger partial charge in [-0.3, -0.25) is 0 Å². The van der Waals surface area contributed by atoms with Crippen LogP contribution in [0, 0.1) is 0 Å². The molecule has 0 aliphatic rings. The van der Waals surface area contributed by atoms with Crippen molar-refractivity contribution in [2.45, 2.75) is 72.6 Å². The van der Waals surface area contributed by atoms with E-state index in [1.165, 1.54) is 51.8 Å². The number of unbranched alkanes of at least 4 members (excludes halogenated alkanes) is 3. The number of aldehydes is 1. The van der Waals surface area contributed by atoms with Crippen LogP contribution in [-0.4, -0.2) is 24.7 Å². The number of hydrogen-bond acceptors (Lipinski definition) is 2. The van der Waals surface area contributed by atoms with Crippen molar-refractivity contribution in [2.24, 2.45) is 0 Å². The molecule has 20 heavy (non-hydrogen) atoms. The van der Waals surface area contributed by atoms with E-state index in [0.29, 0.717) is 0 Å². The number of carbonyl (C=O) groups excluding carboxylic acids is 1. The molecule has 0 saturated heterocycles. The van der Waals surface area contributed by atoms with Gasteiger partial charge in [0.05, 0.1) is 0 Å². The fourth-order valence-electron chi connectivity index (χ4n) is 3.10. The summed E-state index contributed by atoms with van der Waals surface area (Å²) in [7, 11) is 0.